The molecule has 28 heavy (non-hydrogen) atoms. The van der Waals surface area contributed by atoms with Gasteiger partial charge in [-0.1, -0.05) is 36.4 Å². The molecule has 0 heterocycles. The molecule has 6 nitrogen and oxygen atoms in total. The van der Waals surface area contributed by atoms with Crippen molar-refractivity contribution in [1.82, 2.24) is 4.90 Å². The molecule has 2 N–H and O–H groups in total. The van der Waals surface area contributed by atoms with E-state index in [1.54, 1.807) is 43.3 Å². The van der Waals surface area contributed by atoms with E-state index in [1.807, 2.05) is 42.5 Å². The summed E-state index contributed by atoms with van der Waals surface area (Å²) in [5, 5.41) is 7.78. The third-order valence-electron chi connectivity index (χ3n) is 4.26. The van der Waals surface area contributed by atoms with Crippen molar-refractivity contribution in [3.63, 3.8) is 0 Å². The van der Waals surface area contributed by atoms with Crippen LogP contribution < -0.4 is 15.4 Å². The fourth-order valence-corrected chi connectivity index (χ4v) is 2.95. The van der Waals surface area contributed by atoms with Gasteiger partial charge in [0.1, 0.15) is 5.75 Å². The molecule has 0 bridgehead atoms. The fraction of sp³-hybridized carbons (Fsp3) is 0.182. The number of nitrogens with one attached hydrogen (secondary N) is 2. The van der Waals surface area contributed by atoms with Crippen molar-refractivity contribution in [3.8, 4) is 5.75 Å². The van der Waals surface area contributed by atoms with Crippen LogP contribution in [0.1, 0.15) is 0 Å². The molecule has 0 fully saturated rings. The average molecular weight is 377 g/mol. The van der Waals surface area contributed by atoms with Gasteiger partial charge in [-0.15, -0.1) is 0 Å². The molecule has 0 spiro atoms. The smallest absolute Gasteiger partial charge is 0.238 e. The molecule has 6 heteroatoms. The van der Waals surface area contributed by atoms with Crippen LogP contribution in [0.3, 0.4) is 0 Å². The Morgan fingerprint density at radius 3 is 2.21 bits per heavy atom. The molecular formula is C22H23N3O3. The summed E-state index contributed by atoms with van der Waals surface area (Å²) >= 11 is 0. The Hall–Kier alpha value is -3.38. The minimum absolute atomic E-state index is 0.106. The number of carbonyl (C=O) groups is 2. The zero-order valence-electron chi connectivity index (χ0n) is 15.9. The largest absolute Gasteiger partial charge is 0.497 e. The lowest BCUT2D eigenvalue weighted by Crippen LogP contribution is -2.36. The molecule has 0 radical (unpaired) electrons. The summed E-state index contributed by atoms with van der Waals surface area (Å²) in [5.74, 6) is 0.363. The normalized spacial score (nSPS) is 10.7. The van der Waals surface area contributed by atoms with Gasteiger partial charge in [-0.25, -0.2) is 0 Å². The van der Waals surface area contributed by atoms with E-state index in [2.05, 4.69) is 10.6 Å². The molecule has 0 aliphatic carbocycles. The molecule has 0 unspecified atom stereocenters. The van der Waals surface area contributed by atoms with E-state index in [9.17, 15) is 9.59 Å². The van der Waals surface area contributed by atoms with Crippen LogP contribution in [0.4, 0.5) is 11.4 Å². The molecule has 144 valence electrons. The third-order valence-corrected chi connectivity index (χ3v) is 4.26. The minimum Gasteiger partial charge on any atom is -0.497 e. The molecule has 0 saturated carbocycles. The van der Waals surface area contributed by atoms with E-state index in [0.29, 0.717) is 5.69 Å². The summed E-state index contributed by atoms with van der Waals surface area (Å²) in [5.41, 5.74) is 1.44. The molecule has 3 aromatic rings. The van der Waals surface area contributed by atoms with E-state index in [4.69, 9.17) is 4.74 Å². The molecule has 0 saturated heterocycles. The van der Waals surface area contributed by atoms with Gasteiger partial charge in [-0.3, -0.25) is 14.5 Å². The van der Waals surface area contributed by atoms with Crippen LogP contribution in [0.2, 0.25) is 0 Å². The van der Waals surface area contributed by atoms with Gasteiger partial charge in [0.25, 0.3) is 0 Å². The van der Waals surface area contributed by atoms with Crippen LogP contribution in [-0.2, 0) is 9.59 Å². The predicted molar refractivity (Wildman–Crippen MR) is 112 cm³/mol. The van der Waals surface area contributed by atoms with Crippen LogP contribution >= 0.6 is 0 Å². The first kappa shape index (κ1) is 19.4. The summed E-state index contributed by atoms with van der Waals surface area (Å²) in [6, 6.07) is 20.7. The van der Waals surface area contributed by atoms with Gasteiger partial charge in [-0.2, -0.15) is 0 Å². The van der Waals surface area contributed by atoms with Gasteiger partial charge in [0.15, 0.2) is 0 Å². The number of nitrogens with zero attached hydrogens (tertiary/aromatic N) is 1. The zero-order chi connectivity index (χ0) is 19.9. The van der Waals surface area contributed by atoms with Crippen molar-refractivity contribution in [1.29, 1.82) is 0 Å². The maximum Gasteiger partial charge on any atom is 0.238 e. The fourth-order valence-electron chi connectivity index (χ4n) is 2.95. The number of methoxy groups -OCH3 is 1. The molecule has 2 amide bonds. The van der Waals surface area contributed by atoms with Crippen LogP contribution in [0.15, 0.2) is 66.7 Å². The molecular weight excluding hydrogens is 354 g/mol. The van der Waals surface area contributed by atoms with Crippen LogP contribution in [0, 0.1) is 0 Å². The van der Waals surface area contributed by atoms with Crippen molar-refractivity contribution in [2.75, 3.05) is 37.9 Å². The summed E-state index contributed by atoms with van der Waals surface area (Å²) < 4.78 is 5.09. The molecule has 0 aliphatic rings. The maximum atomic E-state index is 12.4. The summed E-state index contributed by atoms with van der Waals surface area (Å²) in [7, 11) is 3.32. The number of carbonyl (C=O) groups excluding carboxylic acids is 2. The minimum atomic E-state index is -0.189. The highest BCUT2D eigenvalue weighted by Gasteiger charge is 2.12. The number of likely N-dealkylation sites (N-methyl/N-ethyl adjacent to an activating group) is 1. The first-order chi connectivity index (χ1) is 13.5. The number of rotatable bonds is 7. The number of anilines is 2. The van der Waals surface area contributed by atoms with Crippen LogP contribution in [0.25, 0.3) is 10.8 Å². The van der Waals surface area contributed by atoms with E-state index in [-0.39, 0.29) is 24.9 Å². The standard InChI is InChI=1S/C22H23N3O3/c1-25(14-21(26)23-17-10-12-18(28-2)13-11-17)15-22(27)24-20-9-5-7-16-6-3-4-8-19(16)20/h3-13H,14-15H2,1-2H3,(H,23,26)(H,24,27). The van der Waals surface area contributed by atoms with Crippen molar-refractivity contribution in [2.24, 2.45) is 0 Å². The van der Waals surface area contributed by atoms with Crippen molar-refractivity contribution >= 4 is 34.0 Å². The Bertz CT molecular complexity index is 965. The van der Waals surface area contributed by atoms with E-state index >= 15 is 0 Å². The Morgan fingerprint density at radius 2 is 1.50 bits per heavy atom. The molecule has 0 atom stereocenters. The van der Waals surface area contributed by atoms with Crippen molar-refractivity contribution in [3.05, 3.63) is 66.7 Å². The third kappa shape index (κ3) is 5.08. The number of ether oxygens (including phenoxy) is 1. The van der Waals surface area contributed by atoms with Gasteiger partial charge < -0.3 is 15.4 Å². The Morgan fingerprint density at radius 1 is 0.857 bits per heavy atom. The number of benzene rings is 3. The summed E-state index contributed by atoms with van der Waals surface area (Å²) in [6.07, 6.45) is 0. The number of amides is 2. The average Bonchev–Trinajstić information content (AvgIpc) is 2.68. The zero-order valence-corrected chi connectivity index (χ0v) is 15.9. The lowest BCUT2D eigenvalue weighted by Gasteiger charge is -2.16. The SMILES string of the molecule is COc1ccc(NC(=O)CN(C)CC(=O)Nc2cccc3ccccc23)cc1. The first-order valence-electron chi connectivity index (χ1n) is 8.95. The Kier molecular flexibility index (Phi) is 6.24. The highest BCUT2D eigenvalue weighted by Crippen LogP contribution is 2.22. The molecule has 3 aromatic carbocycles. The van der Waals surface area contributed by atoms with Gasteiger partial charge in [-0.05, 0) is 42.8 Å². The number of fused-ring (bicyclic) bond motifs is 1. The van der Waals surface area contributed by atoms with Gasteiger partial charge >= 0.3 is 0 Å². The quantitative estimate of drug-likeness (QED) is 0.662. The second-order valence-electron chi connectivity index (χ2n) is 6.52. The lowest BCUT2D eigenvalue weighted by atomic mass is 10.1. The van der Waals surface area contributed by atoms with Crippen LogP contribution in [0.5, 0.6) is 5.75 Å². The second-order valence-corrected chi connectivity index (χ2v) is 6.52. The van der Waals surface area contributed by atoms with Gasteiger partial charge in [0, 0.05) is 16.8 Å². The predicted octanol–water partition coefficient (Wildman–Crippen LogP) is 3.36. The first-order valence-corrected chi connectivity index (χ1v) is 8.95. The van der Waals surface area contributed by atoms with E-state index in [1.165, 1.54) is 0 Å². The summed E-state index contributed by atoms with van der Waals surface area (Å²) in [6.45, 7) is 0.217. The van der Waals surface area contributed by atoms with E-state index < -0.39 is 0 Å². The lowest BCUT2D eigenvalue weighted by molar-refractivity contribution is -0.119. The monoisotopic (exact) mass is 377 g/mol. The molecule has 3 rings (SSSR count). The number of hydrogen-bond acceptors (Lipinski definition) is 4. The topological polar surface area (TPSA) is 70.7 Å². The second kappa shape index (κ2) is 9.01. The van der Waals surface area contributed by atoms with E-state index in [0.717, 1.165) is 22.2 Å². The van der Waals surface area contributed by atoms with Crippen molar-refractivity contribution < 1.29 is 14.3 Å². The highest BCUT2D eigenvalue weighted by atomic mass is 16.5. The van der Waals surface area contributed by atoms with Gasteiger partial charge in [0.2, 0.25) is 11.8 Å². The number of hydrogen-bond donors (Lipinski definition) is 2. The molecule has 0 aromatic heterocycles. The highest BCUT2D eigenvalue weighted by molar-refractivity contribution is 6.02. The Balaban J connectivity index is 1.52. The maximum absolute atomic E-state index is 12.4. The Labute approximate surface area is 164 Å². The molecule has 0 aliphatic heterocycles. The van der Waals surface area contributed by atoms with Crippen LogP contribution in [-0.4, -0.2) is 44.0 Å². The summed E-state index contributed by atoms with van der Waals surface area (Å²) in [4.78, 5) is 26.2. The van der Waals surface area contributed by atoms with Gasteiger partial charge in [0.05, 0.1) is 20.2 Å². The van der Waals surface area contributed by atoms with Crippen molar-refractivity contribution in [2.45, 2.75) is 0 Å².